The third-order valence-corrected chi connectivity index (χ3v) is 2.08. The van der Waals surface area contributed by atoms with Crippen molar-refractivity contribution in [3.8, 4) is 0 Å². The zero-order valence-corrected chi connectivity index (χ0v) is 9.31. The van der Waals surface area contributed by atoms with Gasteiger partial charge in [-0.25, -0.2) is 0 Å². The third kappa shape index (κ3) is 3.46. The molecule has 0 aliphatic heterocycles. The van der Waals surface area contributed by atoms with Crippen LogP contribution in [0.3, 0.4) is 0 Å². The molecule has 0 saturated heterocycles. The molecule has 1 N–H and O–H groups in total. The highest BCUT2D eigenvalue weighted by atomic mass is 16.4. The fourth-order valence-corrected chi connectivity index (χ4v) is 1.13. The number of anilines is 1. The van der Waals surface area contributed by atoms with Crippen molar-refractivity contribution in [2.75, 3.05) is 19.0 Å². The molecular formula is C12H16N2O. The van der Waals surface area contributed by atoms with E-state index in [9.17, 15) is 0 Å². The highest BCUT2D eigenvalue weighted by Gasteiger charge is 1.93. The van der Waals surface area contributed by atoms with Crippen molar-refractivity contribution in [1.82, 2.24) is 0 Å². The van der Waals surface area contributed by atoms with Crippen LogP contribution in [-0.4, -0.2) is 25.0 Å². The summed E-state index contributed by atoms with van der Waals surface area (Å²) in [7, 11) is 4.01. The van der Waals surface area contributed by atoms with Crippen LogP contribution in [-0.2, 0) is 0 Å². The van der Waals surface area contributed by atoms with Crippen LogP contribution in [0.1, 0.15) is 12.5 Å². The van der Waals surface area contributed by atoms with E-state index in [-0.39, 0.29) is 0 Å². The maximum atomic E-state index is 8.46. The van der Waals surface area contributed by atoms with Gasteiger partial charge in [0.05, 0.1) is 5.71 Å². The molecule has 1 aromatic carbocycles. The molecule has 80 valence electrons. The molecule has 0 aliphatic carbocycles. The highest BCUT2D eigenvalue weighted by molar-refractivity contribution is 5.95. The van der Waals surface area contributed by atoms with Gasteiger partial charge in [-0.3, -0.25) is 0 Å². The summed E-state index contributed by atoms with van der Waals surface area (Å²) in [6, 6.07) is 8.14. The van der Waals surface area contributed by atoms with Crippen molar-refractivity contribution in [2.45, 2.75) is 6.92 Å². The number of nitrogens with zero attached hydrogens (tertiary/aromatic N) is 2. The Morgan fingerprint density at radius 1 is 1.27 bits per heavy atom. The molecule has 0 radical (unpaired) electrons. The third-order valence-electron chi connectivity index (χ3n) is 2.08. The molecule has 15 heavy (non-hydrogen) atoms. The standard InChI is InChI=1S/C12H16N2O/c1-10(13-15)4-5-11-6-8-12(9-7-11)14(2)3/h4-9,15H,1-3H3/b5-4+,13-10+. The maximum Gasteiger partial charge on any atom is 0.0765 e. The number of allylic oxidation sites excluding steroid dienone is 1. The van der Waals surface area contributed by atoms with Crippen LogP contribution >= 0.6 is 0 Å². The number of oxime groups is 1. The largest absolute Gasteiger partial charge is 0.411 e. The molecule has 0 atom stereocenters. The molecule has 0 spiro atoms. The lowest BCUT2D eigenvalue weighted by Crippen LogP contribution is -2.07. The predicted molar refractivity (Wildman–Crippen MR) is 64.7 cm³/mol. The van der Waals surface area contributed by atoms with Crippen LogP contribution in [0.15, 0.2) is 35.5 Å². The Morgan fingerprint density at radius 2 is 1.87 bits per heavy atom. The lowest BCUT2D eigenvalue weighted by atomic mass is 10.2. The second-order valence-corrected chi connectivity index (χ2v) is 3.56. The van der Waals surface area contributed by atoms with E-state index < -0.39 is 0 Å². The van der Waals surface area contributed by atoms with E-state index in [1.54, 1.807) is 13.0 Å². The molecule has 0 heterocycles. The van der Waals surface area contributed by atoms with Crippen molar-refractivity contribution >= 4 is 17.5 Å². The Morgan fingerprint density at radius 3 is 2.33 bits per heavy atom. The molecule has 0 aromatic heterocycles. The van der Waals surface area contributed by atoms with Gasteiger partial charge in [0.2, 0.25) is 0 Å². The van der Waals surface area contributed by atoms with Crippen molar-refractivity contribution in [3.63, 3.8) is 0 Å². The Labute approximate surface area is 90.3 Å². The minimum atomic E-state index is 0.590. The predicted octanol–water partition coefficient (Wildman–Crippen LogP) is 2.62. The zero-order valence-electron chi connectivity index (χ0n) is 9.31. The van der Waals surface area contributed by atoms with Gasteiger partial charge in [-0.05, 0) is 30.7 Å². The van der Waals surface area contributed by atoms with Gasteiger partial charge in [-0.15, -0.1) is 0 Å². The van der Waals surface area contributed by atoms with Gasteiger partial charge in [0.25, 0.3) is 0 Å². The molecule has 1 aromatic rings. The minimum absolute atomic E-state index is 0.590. The smallest absolute Gasteiger partial charge is 0.0765 e. The Balaban J connectivity index is 2.77. The van der Waals surface area contributed by atoms with Crippen molar-refractivity contribution in [2.24, 2.45) is 5.16 Å². The van der Waals surface area contributed by atoms with E-state index >= 15 is 0 Å². The fraction of sp³-hybridized carbons (Fsp3) is 0.250. The summed E-state index contributed by atoms with van der Waals surface area (Å²) in [5.41, 5.74) is 2.84. The van der Waals surface area contributed by atoms with Gasteiger partial charge in [-0.2, -0.15) is 0 Å². The molecule has 0 saturated carbocycles. The average molecular weight is 204 g/mol. The van der Waals surface area contributed by atoms with E-state index in [0.717, 1.165) is 5.56 Å². The van der Waals surface area contributed by atoms with E-state index in [4.69, 9.17) is 5.21 Å². The lowest BCUT2D eigenvalue weighted by molar-refractivity contribution is 0.319. The lowest BCUT2D eigenvalue weighted by Gasteiger charge is -2.11. The van der Waals surface area contributed by atoms with Gasteiger partial charge in [-0.1, -0.05) is 23.4 Å². The first-order valence-electron chi connectivity index (χ1n) is 4.77. The summed E-state index contributed by atoms with van der Waals surface area (Å²) in [6.07, 6.45) is 3.68. The Hall–Kier alpha value is -1.77. The van der Waals surface area contributed by atoms with Crippen molar-refractivity contribution in [3.05, 3.63) is 35.9 Å². The fourth-order valence-electron chi connectivity index (χ4n) is 1.13. The van der Waals surface area contributed by atoms with E-state index in [1.165, 1.54) is 5.69 Å². The van der Waals surface area contributed by atoms with Crippen molar-refractivity contribution < 1.29 is 5.21 Å². The number of rotatable bonds is 3. The average Bonchev–Trinajstić information content (AvgIpc) is 2.26. The van der Waals surface area contributed by atoms with E-state index in [2.05, 4.69) is 5.16 Å². The first-order chi connectivity index (χ1) is 7.13. The summed E-state index contributed by atoms with van der Waals surface area (Å²) in [5, 5.41) is 11.5. The van der Waals surface area contributed by atoms with Gasteiger partial charge in [0, 0.05) is 19.8 Å². The molecule has 0 amide bonds. The van der Waals surface area contributed by atoms with E-state index in [0.29, 0.717) is 5.71 Å². The van der Waals surface area contributed by atoms with Gasteiger partial charge in [0.15, 0.2) is 0 Å². The zero-order chi connectivity index (χ0) is 11.3. The normalized spacial score (nSPS) is 12.1. The van der Waals surface area contributed by atoms with E-state index in [1.807, 2.05) is 49.3 Å². The maximum absolute atomic E-state index is 8.46. The summed E-state index contributed by atoms with van der Waals surface area (Å²) in [5.74, 6) is 0. The first-order valence-corrected chi connectivity index (χ1v) is 4.77. The van der Waals surface area contributed by atoms with Crippen LogP contribution < -0.4 is 4.90 Å². The summed E-state index contributed by atoms with van der Waals surface area (Å²) in [4.78, 5) is 2.05. The summed E-state index contributed by atoms with van der Waals surface area (Å²) < 4.78 is 0. The van der Waals surface area contributed by atoms with Crippen LogP contribution in [0.2, 0.25) is 0 Å². The Kier molecular flexibility index (Phi) is 3.92. The monoisotopic (exact) mass is 204 g/mol. The van der Waals surface area contributed by atoms with Crippen LogP contribution in [0.25, 0.3) is 6.08 Å². The van der Waals surface area contributed by atoms with Gasteiger partial charge in [0.1, 0.15) is 0 Å². The second-order valence-electron chi connectivity index (χ2n) is 3.56. The van der Waals surface area contributed by atoms with Crippen LogP contribution in [0.5, 0.6) is 0 Å². The number of benzene rings is 1. The minimum Gasteiger partial charge on any atom is -0.411 e. The van der Waals surface area contributed by atoms with Crippen LogP contribution in [0, 0.1) is 0 Å². The summed E-state index contributed by atoms with van der Waals surface area (Å²) in [6.45, 7) is 1.74. The Bertz CT molecular complexity index is 364. The first kappa shape index (κ1) is 11.3. The molecule has 0 unspecified atom stereocenters. The van der Waals surface area contributed by atoms with Gasteiger partial charge < -0.3 is 10.1 Å². The van der Waals surface area contributed by atoms with Crippen LogP contribution in [0.4, 0.5) is 5.69 Å². The van der Waals surface area contributed by atoms with Crippen molar-refractivity contribution in [1.29, 1.82) is 0 Å². The molecule has 3 heteroatoms. The molecule has 0 fully saturated rings. The molecular weight excluding hydrogens is 188 g/mol. The molecule has 1 rings (SSSR count). The number of hydrogen-bond acceptors (Lipinski definition) is 3. The number of hydrogen-bond donors (Lipinski definition) is 1. The second kappa shape index (κ2) is 5.20. The van der Waals surface area contributed by atoms with Gasteiger partial charge >= 0.3 is 0 Å². The molecule has 0 bridgehead atoms. The quantitative estimate of drug-likeness (QED) is 0.466. The highest BCUT2D eigenvalue weighted by Crippen LogP contribution is 2.13. The molecule has 3 nitrogen and oxygen atoms in total. The molecule has 0 aliphatic rings. The topological polar surface area (TPSA) is 35.8 Å². The SMILES string of the molecule is CC(/C=C/c1ccc(N(C)C)cc1)=N\O. The summed E-state index contributed by atoms with van der Waals surface area (Å²) >= 11 is 0.